The molecule has 0 bridgehead atoms. The lowest BCUT2D eigenvalue weighted by atomic mass is 10.1. The molecule has 0 unspecified atom stereocenters. The number of aliphatic hydroxyl groups excluding tert-OH is 1. The standard InChI is InChI=1S/C20H17Cl2F3N4O2/c1-11(10-30)26-19-28-16(12-4-2-5-13(8-12)31-20(23,24)25)9-17(29-19)27-15-7-3-6-14(21)18(15)22/h2-9,11,30H,10H2,1H3,(H2,26,27,28,29)/t11-/m1/s1. The van der Waals surface area contributed by atoms with E-state index in [1.165, 1.54) is 18.2 Å². The summed E-state index contributed by atoms with van der Waals surface area (Å²) in [6.45, 7) is 1.54. The molecule has 0 radical (unpaired) electrons. The molecule has 6 nitrogen and oxygen atoms in total. The highest BCUT2D eigenvalue weighted by Gasteiger charge is 2.31. The first kappa shape index (κ1) is 22.9. The van der Waals surface area contributed by atoms with Crippen LogP contribution < -0.4 is 15.4 Å². The molecule has 31 heavy (non-hydrogen) atoms. The Labute approximate surface area is 186 Å². The summed E-state index contributed by atoms with van der Waals surface area (Å²) in [5.41, 5.74) is 1.16. The van der Waals surface area contributed by atoms with Crippen LogP contribution in [0.4, 0.5) is 30.6 Å². The minimum absolute atomic E-state index is 0.154. The molecule has 0 spiro atoms. The highest BCUT2D eigenvalue weighted by atomic mass is 35.5. The summed E-state index contributed by atoms with van der Waals surface area (Å²) in [7, 11) is 0. The second-order valence-electron chi connectivity index (χ2n) is 6.49. The van der Waals surface area contributed by atoms with Gasteiger partial charge in [0.1, 0.15) is 11.6 Å². The Balaban J connectivity index is 2.01. The Morgan fingerprint density at radius 3 is 2.55 bits per heavy atom. The summed E-state index contributed by atoms with van der Waals surface area (Å²) < 4.78 is 41.7. The first-order chi connectivity index (χ1) is 14.6. The fourth-order valence-corrected chi connectivity index (χ4v) is 2.93. The van der Waals surface area contributed by atoms with Crippen molar-refractivity contribution < 1.29 is 23.0 Å². The Kier molecular flexibility index (Phi) is 7.09. The van der Waals surface area contributed by atoms with Crippen molar-refractivity contribution in [3.63, 3.8) is 0 Å². The predicted molar refractivity (Wildman–Crippen MR) is 114 cm³/mol. The maximum Gasteiger partial charge on any atom is 0.573 e. The molecule has 3 rings (SSSR count). The molecule has 164 valence electrons. The topological polar surface area (TPSA) is 79.3 Å². The number of hydrogen-bond acceptors (Lipinski definition) is 6. The van der Waals surface area contributed by atoms with Gasteiger partial charge < -0.3 is 20.5 Å². The SMILES string of the molecule is C[C@H](CO)Nc1nc(Nc2cccc(Cl)c2Cl)cc(-c2cccc(OC(F)(F)F)c2)n1. The van der Waals surface area contributed by atoms with Gasteiger partial charge in [-0.1, -0.05) is 41.4 Å². The third-order valence-corrected chi connectivity index (χ3v) is 4.77. The number of hydrogen-bond donors (Lipinski definition) is 3. The molecule has 0 saturated carbocycles. The number of benzene rings is 2. The monoisotopic (exact) mass is 472 g/mol. The zero-order valence-corrected chi connectivity index (χ0v) is 17.6. The van der Waals surface area contributed by atoms with Crippen LogP contribution in [0, 0.1) is 0 Å². The molecule has 11 heteroatoms. The summed E-state index contributed by atoms with van der Waals surface area (Å²) in [5, 5.41) is 15.9. The molecule has 1 atom stereocenters. The van der Waals surface area contributed by atoms with Crippen LogP contribution in [0.5, 0.6) is 5.75 Å². The second kappa shape index (κ2) is 9.59. The molecule has 0 aliphatic rings. The number of alkyl halides is 3. The minimum Gasteiger partial charge on any atom is -0.406 e. The molecule has 0 aliphatic carbocycles. The van der Waals surface area contributed by atoms with E-state index in [4.69, 9.17) is 23.2 Å². The van der Waals surface area contributed by atoms with E-state index in [2.05, 4.69) is 25.3 Å². The van der Waals surface area contributed by atoms with Crippen molar-refractivity contribution in [3.05, 3.63) is 58.6 Å². The highest BCUT2D eigenvalue weighted by molar-refractivity contribution is 6.43. The van der Waals surface area contributed by atoms with E-state index in [1.807, 2.05) is 0 Å². The maximum atomic E-state index is 12.6. The van der Waals surface area contributed by atoms with Gasteiger partial charge in [-0.3, -0.25) is 0 Å². The smallest absolute Gasteiger partial charge is 0.406 e. The number of nitrogens with one attached hydrogen (secondary N) is 2. The van der Waals surface area contributed by atoms with Gasteiger partial charge in [-0.2, -0.15) is 4.98 Å². The molecular formula is C20H17Cl2F3N4O2. The molecule has 3 aromatic rings. The van der Waals surface area contributed by atoms with E-state index in [9.17, 15) is 18.3 Å². The van der Waals surface area contributed by atoms with E-state index >= 15 is 0 Å². The van der Waals surface area contributed by atoms with Crippen LogP contribution in [0.1, 0.15) is 6.92 Å². The van der Waals surface area contributed by atoms with Crippen LogP contribution >= 0.6 is 23.2 Å². The van der Waals surface area contributed by atoms with Gasteiger partial charge >= 0.3 is 6.36 Å². The summed E-state index contributed by atoms with van der Waals surface area (Å²) >= 11 is 12.3. The van der Waals surface area contributed by atoms with Crippen LogP contribution in [-0.4, -0.2) is 34.1 Å². The lowest BCUT2D eigenvalue weighted by molar-refractivity contribution is -0.274. The van der Waals surface area contributed by atoms with E-state index in [0.29, 0.717) is 27.8 Å². The predicted octanol–water partition coefficient (Wildman–Crippen LogP) is 5.89. The zero-order valence-electron chi connectivity index (χ0n) is 16.0. The Morgan fingerprint density at radius 1 is 1.10 bits per heavy atom. The van der Waals surface area contributed by atoms with Gasteiger partial charge in [0.2, 0.25) is 5.95 Å². The summed E-state index contributed by atoms with van der Waals surface area (Å²) in [6.07, 6.45) is -4.82. The van der Waals surface area contributed by atoms with Gasteiger partial charge in [-0.25, -0.2) is 4.98 Å². The average molecular weight is 473 g/mol. The number of ether oxygens (including phenoxy) is 1. The van der Waals surface area contributed by atoms with E-state index < -0.39 is 6.36 Å². The molecule has 0 fully saturated rings. The third kappa shape index (κ3) is 6.36. The van der Waals surface area contributed by atoms with Crippen molar-refractivity contribution in [2.75, 3.05) is 17.2 Å². The second-order valence-corrected chi connectivity index (χ2v) is 7.28. The largest absolute Gasteiger partial charge is 0.573 e. The normalized spacial score (nSPS) is 12.4. The van der Waals surface area contributed by atoms with Crippen LogP contribution in [0.15, 0.2) is 48.5 Å². The number of rotatable bonds is 7. The van der Waals surface area contributed by atoms with Gasteiger partial charge in [-0.05, 0) is 31.2 Å². The third-order valence-electron chi connectivity index (χ3n) is 3.95. The minimum atomic E-state index is -4.82. The molecule has 0 amide bonds. The van der Waals surface area contributed by atoms with Gasteiger partial charge in [0.05, 0.1) is 28.0 Å². The lowest BCUT2D eigenvalue weighted by Gasteiger charge is -2.15. The number of nitrogens with zero attached hydrogens (tertiary/aromatic N) is 2. The summed E-state index contributed by atoms with van der Waals surface area (Å²) in [5.74, 6) is 0.0834. The number of aromatic nitrogens is 2. The molecule has 3 N–H and O–H groups in total. The molecule has 2 aromatic carbocycles. The number of aliphatic hydroxyl groups is 1. The van der Waals surface area contributed by atoms with Gasteiger partial charge in [0.15, 0.2) is 0 Å². The Bertz CT molecular complexity index is 1070. The zero-order chi connectivity index (χ0) is 22.6. The Hall–Kier alpha value is -2.75. The van der Waals surface area contributed by atoms with Crippen molar-refractivity contribution in [1.82, 2.24) is 9.97 Å². The van der Waals surface area contributed by atoms with E-state index in [1.54, 1.807) is 37.3 Å². The molecule has 1 aromatic heterocycles. The van der Waals surface area contributed by atoms with Crippen molar-refractivity contribution in [2.24, 2.45) is 0 Å². The number of halogens is 5. The van der Waals surface area contributed by atoms with Crippen molar-refractivity contribution in [3.8, 4) is 17.0 Å². The first-order valence-electron chi connectivity index (χ1n) is 8.98. The van der Waals surface area contributed by atoms with Crippen LogP contribution in [0.3, 0.4) is 0 Å². The quantitative estimate of drug-likeness (QED) is 0.398. The van der Waals surface area contributed by atoms with Crippen molar-refractivity contribution >= 4 is 40.7 Å². The molecule has 0 aliphatic heterocycles. The van der Waals surface area contributed by atoms with E-state index in [0.717, 1.165) is 0 Å². The van der Waals surface area contributed by atoms with Gasteiger partial charge in [0.25, 0.3) is 0 Å². The van der Waals surface area contributed by atoms with E-state index in [-0.39, 0.29) is 29.4 Å². The van der Waals surface area contributed by atoms with Crippen LogP contribution in [0.25, 0.3) is 11.3 Å². The summed E-state index contributed by atoms with van der Waals surface area (Å²) in [4.78, 5) is 8.68. The lowest BCUT2D eigenvalue weighted by Crippen LogP contribution is -2.21. The van der Waals surface area contributed by atoms with Crippen molar-refractivity contribution in [1.29, 1.82) is 0 Å². The highest BCUT2D eigenvalue weighted by Crippen LogP contribution is 2.33. The van der Waals surface area contributed by atoms with Gasteiger partial charge in [-0.15, -0.1) is 13.2 Å². The fraction of sp³-hybridized carbons (Fsp3) is 0.200. The van der Waals surface area contributed by atoms with Crippen LogP contribution in [-0.2, 0) is 0 Å². The van der Waals surface area contributed by atoms with Crippen molar-refractivity contribution in [2.45, 2.75) is 19.3 Å². The number of anilines is 3. The first-order valence-corrected chi connectivity index (χ1v) is 9.74. The molecule has 1 heterocycles. The fourth-order valence-electron chi connectivity index (χ4n) is 2.58. The summed E-state index contributed by atoms with van der Waals surface area (Å²) in [6, 6.07) is 11.6. The molecule has 0 saturated heterocycles. The maximum absolute atomic E-state index is 12.6. The van der Waals surface area contributed by atoms with Crippen LogP contribution in [0.2, 0.25) is 10.0 Å². The Morgan fingerprint density at radius 2 is 1.84 bits per heavy atom. The average Bonchev–Trinajstić information content (AvgIpc) is 2.70. The van der Waals surface area contributed by atoms with Gasteiger partial charge in [0, 0.05) is 17.7 Å². The molecular weight excluding hydrogens is 456 g/mol.